The fourth-order valence-corrected chi connectivity index (χ4v) is 2.39. The molecule has 2 aromatic carbocycles. The Morgan fingerprint density at radius 1 is 1.11 bits per heavy atom. The zero-order valence-electron chi connectivity index (χ0n) is 24.4. The van der Waals surface area contributed by atoms with Gasteiger partial charge in [0.05, 0.1) is 18.9 Å². The van der Waals surface area contributed by atoms with Gasteiger partial charge in [0.2, 0.25) is 6.41 Å². The number of hydrogen-bond donors (Lipinski definition) is 8. The molecule has 8 N–H and O–H groups in total. The Balaban J connectivity index is 0.000000716. The van der Waals surface area contributed by atoms with Crippen molar-refractivity contribution in [2.45, 2.75) is 37.6 Å². The molecule has 0 aliphatic carbocycles. The number of aliphatic carboxylic acids is 2. The van der Waals surface area contributed by atoms with Gasteiger partial charge in [0.1, 0.15) is 11.5 Å². The number of benzene rings is 2. The SMILES string of the molecule is O=C(O)[C@H](O)[C@@H](O)C(=O)O.[2H]C([2H])([2H])[C@]([2H])(NC[C@@H](O)c1ccc(O)c(NC=O)c1)C([2H])([2H])c1ccc(OC)cc1. The molecule has 4 atom stereocenters. The maximum atomic E-state index is 10.6. The van der Waals surface area contributed by atoms with Crippen molar-refractivity contribution in [3.63, 3.8) is 0 Å². The number of aliphatic hydroxyl groups is 3. The number of carboxylic acids is 2. The van der Waals surface area contributed by atoms with E-state index >= 15 is 0 Å². The maximum Gasteiger partial charge on any atom is 0.335 e. The van der Waals surface area contributed by atoms with Crippen molar-refractivity contribution in [3.8, 4) is 11.5 Å². The lowest BCUT2D eigenvalue weighted by Crippen LogP contribution is -2.39. The van der Waals surface area contributed by atoms with Gasteiger partial charge in [-0.3, -0.25) is 4.79 Å². The standard InChI is InChI=1S/C19H24N2O4.C4H6O6/c1-13(9-14-3-6-16(25-2)7-4-14)20-11-19(24)15-5-8-18(23)17(10-15)21-12-22;5-1(3(7)8)2(6)4(9)10/h3-8,10,12-13,19-20,23-24H,9,11H2,1-2H3,(H,21,22);1-2,5-6H,(H,7,8)(H,9,10)/t13-,19+;1-,2-/m01/s1/i1D3,9D2,13D;. The molecule has 1 amide bonds. The van der Waals surface area contributed by atoms with Crippen LogP contribution in [0.1, 0.15) is 32.3 Å². The highest BCUT2D eigenvalue weighted by Crippen LogP contribution is 2.26. The average molecular weight is 501 g/mol. The van der Waals surface area contributed by atoms with E-state index < -0.39 is 56.0 Å². The van der Waals surface area contributed by atoms with Gasteiger partial charge in [0, 0.05) is 20.8 Å². The van der Waals surface area contributed by atoms with Gasteiger partial charge < -0.3 is 46.0 Å². The van der Waals surface area contributed by atoms with E-state index in [0.29, 0.717) is 12.2 Å². The van der Waals surface area contributed by atoms with E-state index in [1.165, 1.54) is 49.6 Å². The van der Waals surface area contributed by atoms with E-state index in [1.54, 1.807) is 0 Å². The largest absolute Gasteiger partial charge is 0.506 e. The molecule has 0 unspecified atom stereocenters. The minimum absolute atomic E-state index is 0.0353. The van der Waals surface area contributed by atoms with Crippen LogP contribution in [0.3, 0.4) is 0 Å². The minimum Gasteiger partial charge on any atom is -0.506 e. The molecule has 2 rings (SSSR count). The van der Waals surface area contributed by atoms with Gasteiger partial charge in [-0.05, 0) is 48.6 Å². The Morgan fingerprint density at radius 3 is 2.20 bits per heavy atom. The number of aliphatic hydroxyl groups excluding tert-OH is 3. The normalized spacial score (nSPS) is 18.1. The molecule has 192 valence electrons. The predicted octanol–water partition coefficient (Wildman–Crippen LogP) is 0.101. The van der Waals surface area contributed by atoms with Crippen molar-refractivity contribution in [1.29, 1.82) is 0 Å². The minimum atomic E-state index is -3.10. The van der Waals surface area contributed by atoms with Crippen molar-refractivity contribution < 1.29 is 58.0 Å². The van der Waals surface area contributed by atoms with Crippen molar-refractivity contribution in [2.75, 3.05) is 19.0 Å². The van der Waals surface area contributed by atoms with Crippen LogP contribution in [0.15, 0.2) is 42.5 Å². The number of rotatable bonds is 12. The Hall–Kier alpha value is -3.71. The van der Waals surface area contributed by atoms with Gasteiger partial charge in [0.25, 0.3) is 0 Å². The molecule has 0 bridgehead atoms. The molecule has 0 fully saturated rings. The molecule has 0 aliphatic heterocycles. The molecule has 0 radical (unpaired) electrons. The lowest BCUT2D eigenvalue weighted by Gasteiger charge is -2.18. The van der Waals surface area contributed by atoms with Crippen LogP contribution in [0, 0.1) is 0 Å². The molecule has 12 nitrogen and oxygen atoms in total. The van der Waals surface area contributed by atoms with Crippen LogP contribution in [0.4, 0.5) is 5.69 Å². The fourth-order valence-electron chi connectivity index (χ4n) is 2.39. The van der Waals surface area contributed by atoms with E-state index in [-0.39, 0.29) is 22.6 Å². The Kier molecular flexibility index (Phi) is 8.57. The monoisotopic (exact) mass is 500 g/mol. The summed E-state index contributed by atoms with van der Waals surface area (Å²) in [7, 11) is 1.43. The fraction of sp³-hybridized carbons (Fsp3) is 0.348. The van der Waals surface area contributed by atoms with Crippen LogP contribution in [-0.2, 0) is 20.8 Å². The van der Waals surface area contributed by atoms with E-state index in [9.17, 15) is 24.6 Å². The van der Waals surface area contributed by atoms with Crippen molar-refractivity contribution >= 4 is 24.0 Å². The van der Waals surface area contributed by atoms with Crippen LogP contribution in [-0.4, -0.2) is 80.9 Å². The average Bonchev–Trinajstić information content (AvgIpc) is 2.91. The highest BCUT2D eigenvalue weighted by Gasteiger charge is 2.29. The summed E-state index contributed by atoms with van der Waals surface area (Å²) in [4.78, 5) is 30.2. The molecular weight excluding hydrogens is 464 g/mol. The molecule has 0 aromatic heterocycles. The van der Waals surface area contributed by atoms with E-state index in [4.69, 9.17) is 33.4 Å². The summed E-state index contributed by atoms with van der Waals surface area (Å²) in [5.74, 6) is -3.33. The summed E-state index contributed by atoms with van der Waals surface area (Å²) in [6, 6.07) is 6.66. The Bertz CT molecular complexity index is 1180. The third-order valence-corrected chi connectivity index (χ3v) is 4.26. The molecule has 2 aromatic rings. The highest BCUT2D eigenvalue weighted by atomic mass is 16.5. The molecule has 0 heterocycles. The maximum absolute atomic E-state index is 10.6. The smallest absolute Gasteiger partial charge is 0.335 e. The molecule has 0 saturated heterocycles. The quantitative estimate of drug-likeness (QED) is 0.145. The summed E-state index contributed by atoms with van der Waals surface area (Å²) < 4.78 is 53.8. The summed E-state index contributed by atoms with van der Waals surface area (Å²) in [6.45, 7) is -3.59. The van der Waals surface area contributed by atoms with Gasteiger partial charge in [-0.2, -0.15) is 0 Å². The number of carbonyl (C=O) groups is 3. The number of aromatic hydroxyl groups is 1. The highest BCUT2D eigenvalue weighted by molar-refractivity contribution is 5.83. The number of ether oxygens (including phenoxy) is 1. The molecule has 12 heteroatoms. The first-order chi connectivity index (χ1) is 18.8. The predicted molar refractivity (Wildman–Crippen MR) is 124 cm³/mol. The Labute approximate surface area is 209 Å². The van der Waals surface area contributed by atoms with Crippen LogP contribution < -0.4 is 15.4 Å². The second-order valence-corrected chi connectivity index (χ2v) is 6.73. The van der Waals surface area contributed by atoms with Gasteiger partial charge in [-0.1, -0.05) is 18.2 Å². The van der Waals surface area contributed by atoms with Crippen molar-refractivity contribution in [3.05, 3.63) is 53.6 Å². The molecule has 0 aliphatic rings. The van der Waals surface area contributed by atoms with Gasteiger partial charge in [-0.15, -0.1) is 0 Å². The zero-order chi connectivity index (χ0) is 31.8. The summed E-state index contributed by atoms with van der Waals surface area (Å²) in [5, 5.41) is 57.3. The number of phenols is 1. The van der Waals surface area contributed by atoms with Crippen LogP contribution >= 0.6 is 0 Å². The lowest BCUT2D eigenvalue weighted by atomic mass is 10.1. The second kappa shape index (κ2) is 14.5. The first kappa shape index (κ1) is 20.6. The second-order valence-electron chi connectivity index (χ2n) is 6.73. The number of anilines is 1. The number of nitrogens with one attached hydrogen (secondary N) is 2. The third kappa shape index (κ3) is 9.98. The van der Waals surface area contributed by atoms with E-state index in [0.717, 1.165) is 0 Å². The van der Waals surface area contributed by atoms with Gasteiger partial charge >= 0.3 is 11.9 Å². The summed E-state index contributed by atoms with van der Waals surface area (Å²) >= 11 is 0. The van der Waals surface area contributed by atoms with E-state index in [1.807, 2.05) is 0 Å². The Morgan fingerprint density at radius 2 is 1.71 bits per heavy atom. The van der Waals surface area contributed by atoms with Crippen LogP contribution in [0.25, 0.3) is 0 Å². The topological polar surface area (TPSA) is 206 Å². The lowest BCUT2D eigenvalue weighted by molar-refractivity contribution is -0.165. The van der Waals surface area contributed by atoms with Gasteiger partial charge in [-0.25, -0.2) is 9.59 Å². The first-order valence-corrected chi connectivity index (χ1v) is 9.76. The summed E-state index contributed by atoms with van der Waals surface area (Å²) in [6.07, 6.45) is -8.22. The first-order valence-electron chi connectivity index (χ1n) is 12.8. The number of amides is 1. The number of methoxy groups -OCH3 is 1. The van der Waals surface area contributed by atoms with Crippen molar-refractivity contribution in [1.82, 2.24) is 5.32 Å². The number of carbonyl (C=O) groups excluding carboxylic acids is 1. The molecule has 35 heavy (non-hydrogen) atoms. The van der Waals surface area contributed by atoms with E-state index in [2.05, 4.69) is 10.6 Å². The number of carboxylic acid groups (broad SMARTS) is 2. The zero-order valence-corrected chi connectivity index (χ0v) is 18.4. The molecule has 0 saturated carbocycles. The summed E-state index contributed by atoms with van der Waals surface area (Å²) in [5.41, 5.74) is 0.198. The third-order valence-electron chi connectivity index (χ3n) is 4.26. The molecule has 0 spiro atoms. The van der Waals surface area contributed by atoms with Crippen molar-refractivity contribution in [2.24, 2.45) is 0 Å². The number of hydrogen-bond acceptors (Lipinski definition) is 9. The van der Waals surface area contributed by atoms with Gasteiger partial charge in [0.15, 0.2) is 12.2 Å². The number of phenolic OH excluding ortho intramolecular Hbond substituents is 1. The van der Waals surface area contributed by atoms with Crippen LogP contribution in [0.5, 0.6) is 11.5 Å². The molecular formula is C23H30N2O10. The van der Waals surface area contributed by atoms with Crippen LogP contribution in [0.2, 0.25) is 0 Å².